The Morgan fingerprint density at radius 3 is 2.57 bits per heavy atom. The quantitative estimate of drug-likeness (QED) is 0.591. The van der Waals surface area contributed by atoms with E-state index < -0.39 is 23.8 Å². The second kappa shape index (κ2) is 11.4. The Labute approximate surface area is 177 Å². The van der Waals surface area contributed by atoms with E-state index in [1.165, 1.54) is 0 Å². The van der Waals surface area contributed by atoms with E-state index in [1.54, 1.807) is 25.7 Å². The third-order valence-electron chi connectivity index (χ3n) is 4.22. The maximum absolute atomic E-state index is 12.3. The van der Waals surface area contributed by atoms with E-state index in [2.05, 4.69) is 10.6 Å². The third-order valence-corrected chi connectivity index (χ3v) is 4.22. The van der Waals surface area contributed by atoms with Crippen molar-refractivity contribution in [3.8, 4) is 0 Å². The Morgan fingerprint density at radius 1 is 1.13 bits per heavy atom. The monoisotopic (exact) mass is 421 g/mol. The molecule has 2 N–H and O–H groups in total. The summed E-state index contributed by atoms with van der Waals surface area (Å²) in [6, 6.07) is 8.85. The number of nitrogens with zero attached hydrogens (tertiary/aromatic N) is 1. The van der Waals surface area contributed by atoms with E-state index in [-0.39, 0.29) is 12.5 Å². The Balaban J connectivity index is 1.53. The molecule has 0 aromatic heterocycles. The molecule has 0 unspecified atom stereocenters. The molecule has 1 atom stereocenters. The van der Waals surface area contributed by atoms with Crippen molar-refractivity contribution in [2.24, 2.45) is 0 Å². The molecule has 3 amide bonds. The fraction of sp³-hybridized carbons (Fsp3) is 0.571. The molecule has 0 radical (unpaired) electrons. The average Bonchev–Trinajstić information content (AvgIpc) is 3.02. The van der Waals surface area contributed by atoms with Crippen molar-refractivity contribution in [2.45, 2.75) is 45.4 Å². The van der Waals surface area contributed by atoms with E-state index in [0.717, 1.165) is 5.56 Å². The van der Waals surface area contributed by atoms with Gasteiger partial charge in [0.15, 0.2) is 0 Å². The lowest BCUT2D eigenvalue weighted by Gasteiger charge is -2.21. The number of nitrogens with one attached hydrogen (secondary N) is 2. The number of likely N-dealkylation sites (tertiary alicyclic amines) is 1. The molecule has 9 heteroatoms. The molecule has 0 saturated carbocycles. The van der Waals surface area contributed by atoms with Crippen LogP contribution in [0.3, 0.4) is 0 Å². The van der Waals surface area contributed by atoms with E-state index in [0.29, 0.717) is 39.3 Å². The first-order valence-electron chi connectivity index (χ1n) is 10.1. The van der Waals surface area contributed by atoms with Crippen LogP contribution in [0.25, 0.3) is 0 Å². The minimum Gasteiger partial charge on any atom is -0.445 e. The minimum absolute atomic E-state index is 0.146. The maximum Gasteiger partial charge on any atom is 0.408 e. The predicted octanol–water partition coefficient (Wildman–Crippen LogP) is 2.05. The largest absolute Gasteiger partial charge is 0.445 e. The van der Waals surface area contributed by atoms with Crippen molar-refractivity contribution in [3.05, 3.63) is 35.9 Å². The molecular weight excluding hydrogens is 390 g/mol. The van der Waals surface area contributed by atoms with Gasteiger partial charge in [-0.3, -0.25) is 4.79 Å². The van der Waals surface area contributed by atoms with E-state index in [9.17, 15) is 14.4 Å². The summed E-state index contributed by atoms with van der Waals surface area (Å²) in [5.74, 6) is -0.146. The molecule has 1 aromatic rings. The van der Waals surface area contributed by atoms with Gasteiger partial charge in [0.2, 0.25) is 5.91 Å². The van der Waals surface area contributed by atoms with Crippen molar-refractivity contribution in [1.82, 2.24) is 15.5 Å². The summed E-state index contributed by atoms with van der Waals surface area (Å²) in [5.41, 5.74) is 0.306. The average molecular weight is 421 g/mol. The number of carbonyl (C=O) groups is 3. The summed E-state index contributed by atoms with van der Waals surface area (Å²) in [6.07, 6.45) is -0.565. The number of ether oxygens (including phenoxy) is 3. The van der Waals surface area contributed by atoms with Gasteiger partial charge < -0.3 is 29.7 Å². The van der Waals surface area contributed by atoms with Gasteiger partial charge in [0.25, 0.3) is 0 Å². The number of amides is 3. The highest BCUT2D eigenvalue weighted by Crippen LogP contribution is 2.13. The lowest BCUT2D eigenvalue weighted by atomic mass is 10.2. The zero-order valence-corrected chi connectivity index (χ0v) is 17.8. The standard InChI is InChI=1S/C21H31N3O6/c1-21(2,3)30-20(27)23-17-9-11-24(18(17)25)12-14-28-13-10-22-19(26)29-15-16-7-5-4-6-8-16/h4-8,17H,9-15H2,1-3H3,(H,22,26)(H,23,27)/t17-/m0/s1. The summed E-state index contributed by atoms with van der Waals surface area (Å²) in [5, 5.41) is 5.22. The SMILES string of the molecule is CC(C)(C)OC(=O)N[C@H]1CCN(CCOCCNC(=O)OCc2ccccc2)C1=O. The highest BCUT2D eigenvalue weighted by Gasteiger charge is 2.33. The molecule has 1 aliphatic heterocycles. The predicted molar refractivity (Wildman–Crippen MR) is 110 cm³/mol. The number of hydrogen-bond acceptors (Lipinski definition) is 6. The van der Waals surface area contributed by atoms with Crippen LogP contribution in [0.1, 0.15) is 32.8 Å². The van der Waals surface area contributed by atoms with E-state index in [4.69, 9.17) is 14.2 Å². The van der Waals surface area contributed by atoms with Crippen LogP contribution in [0.2, 0.25) is 0 Å². The molecule has 0 aliphatic carbocycles. The molecular formula is C21H31N3O6. The molecule has 0 spiro atoms. The van der Waals surface area contributed by atoms with E-state index >= 15 is 0 Å². The van der Waals surface area contributed by atoms with Crippen molar-refractivity contribution >= 4 is 18.1 Å². The maximum atomic E-state index is 12.3. The van der Waals surface area contributed by atoms with Crippen LogP contribution >= 0.6 is 0 Å². The van der Waals surface area contributed by atoms with Crippen molar-refractivity contribution in [2.75, 3.05) is 32.8 Å². The lowest BCUT2D eigenvalue weighted by Crippen LogP contribution is -2.44. The zero-order valence-electron chi connectivity index (χ0n) is 17.8. The smallest absolute Gasteiger partial charge is 0.408 e. The number of alkyl carbamates (subject to hydrolysis) is 2. The topological polar surface area (TPSA) is 106 Å². The second-order valence-corrected chi connectivity index (χ2v) is 7.91. The van der Waals surface area contributed by atoms with E-state index in [1.807, 2.05) is 30.3 Å². The fourth-order valence-electron chi connectivity index (χ4n) is 2.82. The van der Waals surface area contributed by atoms with Gasteiger partial charge in [0.05, 0.1) is 13.2 Å². The number of hydrogen-bond donors (Lipinski definition) is 2. The number of benzene rings is 1. The molecule has 1 heterocycles. The summed E-state index contributed by atoms with van der Waals surface area (Å²) >= 11 is 0. The van der Waals surface area contributed by atoms with Crippen LogP contribution in [0.4, 0.5) is 9.59 Å². The molecule has 30 heavy (non-hydrogen) atoms. The molecule has 1 fully saturated rings. The fourth-order valence-corrected chi connectivity index (χ4v) is 2.82. The second-order valence-electron chi connectivity index (χ2n) is 7.91. The molecule has 166 valence electrons. The van der Waals surface area contributed by atoms with Gasteiger partial charge in [0, 0.05) is 19.6 Å². The van der Waals surface area contributed by atoms with Crippen molar-refractivity contribution in [1.29, 1.82) is 0 Å². The highest BCUT2D eigenvalue weighted by atomic mass is 16.6. The number of rotatable bonds is 9. The Bertz CT molecular complexity index is 704. The molecule has 1 aromatic carbocycles. The van der Waals surface area contributed by atoms with Gasteiger partial charge in [0.1, 0.15) is 18.2 Å². The Kier molecular flexibility index (Phi) is 8.91. The first-order valence-corrected chi connectivity index (χ1v) is 10.1. The molecule has 9 nitrogen and oxygen atoms in total. The molecule has 1 aliphatic rings. The van der Waals surface area contributed by atoms with Crippen LogP contribution < -0.4 is 10.6 Å². The van der Waals surface area contributed by atoms with Gasteiger partial charge in [-0.2, -0.15) is 0 Å². The first kappa shape index (κ1) is 23.5. The Hall–Kier alpha value is -2.81. The van der Waals surface area contributed by atoms with Gasteiger partial charge in [-0.05, 0) is 32.8 Å². The van der Waals surface area contributed by atoms with Crippen LogP contribution in [0.15, 0.2) is 30.3 Å². The van der Waals surface area contributed by atoms with Gasteiger partial charge in [-0.1, -0.05) is 30.3 Å². The van der Waals surface area contributed by atoms with Crippen molar-refractivity contribution in [3.63, 3.8) is 0 Å². The minimum atomic E-state index is -0.610. The molecule has 2 rings (SSSR count). The van der Waals surface area contributed by atoms with Crippen molar-refractivity contribution < 1.29 is 28.6 Å². The van der Waals surface area contributed by atoms with Gasteiger partial charge in [-0.15, -0.1) is 0 Å². The number of carbonyl (C=O) groups excluding carboxylic acids is 3. The van der Waals surface area contributed by atoms with Crippen LogP contribution in [0.5, 0.6) is 0 Å². The lowest BCUT2D eigenvalue weighted by molar-refractivity contribution is -0.130. The highest BCUT2D eigenvalue weighted by molar-refractivity contribution is 5.87. The molecule has 1 saturated heterocycles. The molecule has 0 bridgehead atoms. The zero-order chi connectivity index (χ0) is 22.0. The summed E-state index contributed by atoms with van der Waals surface area (Å²) in [4.78, 5) is 37.4. The van der Waals surface area contributed by atoms with Crippen LogP contribution in [0, 0.1) is 0 Å². The van der Waals surface area contributed by atoms with Crippen LogP contribution in [-0.4, -0.2) is 67.5 Å². The van der Waals surface area contributed by atoms with Gasteiger partial charge >= 0.3 is 12.2 Å². The first-order chi connectivity index (χ1) is 14.2. The summed E-state index contributed by atoms with van der Waals surface area (Å²) in [6.45, 7) is 7.44. The summed E-state index contributed by atoms with van der Waals surface area (Å²) in [7, 11) is 0. The summed E-state index contributed by atoms with van der Waals surface area (Å²) < 4.78 is 15.7. The van der Waals surface area contributed by atoms with Gasteiger partial charge in [-0.25, -0.2) is 9.59 Å². The normalized spacial score (nSPS) is 16.3. The third kappa shape index (κ3) is 8.69. The van der Waals surface area contributed by atoms with Crippen LogP contribution in [-0.2, 0) is 25.6 Å². The Morgan fingerprint density at radius 2 is 1.87 bits per heavy atom.